The molecule has 62 valence electrons. The summed E-state index contributed by atoms with van der Waals surface area (Å²) < 4.78 is 17.7. The number of aliphatic hydroxyl groups excluding tert-OH is 1. The van der Waals surface area contributed by atoms with Crippen LogP contribution < -0.4 is 0 Å². The largest absolute Gasteiger partial charge is 0.459 e. The number of benzene rings is 1. The zero-order chi connectivity index (χ0) is 8.55. The van der Waals surface area contributed by atoms with Gasteiger partial charge in [0.05, 0.1) is 0 Å². The molecule has 0 bridgehead atoms. The summed E-state index contributed by atoms with van der Waals surface area (Å²) in [7, 11) is 0. The van der Waals surface area contributed by atoms with Crippen LogP contribution in [-0.4, -0.2) is 5.11 Å². The average molecular weight is 166 g/mol. The van der Waals surface area contributed by atoms with E-state index in [9.17, 15) is 4.39 Å². The molecule has 0 aliphatic rings. The van der Waals surface area contributed by atoms with Crippen LogP contribution in [-0.2, 0) is 6.61 Å². The van der Waals surface area contributed by atoms with Crippen LogP contribution in [0.1, 0.15) is 5.76 Å². The minimum absolute atomic E-state index is 0.156. The molecular formula is C9H7FO2. The molecule has 0 radical (unpaired) electrons. The summed E-state index contributed by atoms with van der Waals surface area (Å²) in [6.07, 6.45) is 0. The highest BCUT2D eigenvalue weighted by atomic mass is 19.1. The molecule has 1 aromatic heterocycles. The molecule has 2 rings (SSSR count). The molecule has 2 nitrogen and oxygen atoms in total. The average Bonchev–Trinajstić information content (AvgIpc) is 2.46. The Morgan fingerprint density at radius 2 is 2.17 bits per heavy atom. The normalized spacial score (nSPS) is 10.8. The van der Waals surface area contributed by atoms with E-state index in [2.05, 4.69) is 0 Å². The van der Waals surface area contributed by atoms with Crippen LogP contribution >= 0.6 is 0 Å². The first-order valence-electron chi connectivity index (χ1n) is 3.58. The van der Waals surface area contributed by atoms with Crippen molar-refractivity contribution in [3.8, 4) is 0 Å². The Labute approximate surface area is 68.2 Å². The van der Waals surface area contributed by atoms with Crippen molar-refractivity contribution in [1.29, 1.82) is 0 Å². The highest BCUT2D eigenvalue weighted by Gasteiger charge is 2.02. The zero-order valence-corrected chi connectivity index (χ0v) is 6.25. The van der Waals surface area contributed by atoms with Crippen LogP contribution in [0.15, 0.2) is 28.7 Å². The number of halogens is 1. The first kappa shape index (κ1) is 7.31. The predicted octanol–water partition coefficient (Wildman–Crippen LogP) is 2.06. The van der Waals surface area contributed by atoms with Crippen LogP contribution in [0.5, 0.6) is 0 Å². The van der Waals surface area contributed by atoms with Crippen molar-refractivity contribution in [2.75, 3.05) is 0 Å². The molecule has 1 heterocycles. The molecule has 1 aromatic carbocycles. The molecule has 0 fully saturated rings. The summed E-state index contributed by atoms with van der Waals surface area (Å²) in [5.74, 6) is 0.122. The second-order valence-corrected chi connectivity index (χ2v) is 2.55. The van der Waals surface area contributed by atoms with E-state index in [4.69, 9.17) is 9.52 Å². The molecule has 0 aliphatic heterocycles. The third-order valence-corrected chi connectivity index (χ3v) is 1.69. The second kappa shape index (κ2) is 2.60. The summed E-state index contributed by atoms with van der Waals surface area (Å²) in [4.78, 5) is 0. The Morgan fingerprint density at radius 1 is 1.33 bits per heavy atom. The Kier molecular flexibility index (Phi) is 1.59. The maximum absolute atomic E-state index is 12.6. The van der Waals surface area contributed by atoms with Crippen LogP contribution in [0.4, 0.5) is 4.39 Å². The van der Waals surface area contributed by atoms with Gasteiger partial charge in [0.15, 0.2) is 0 Å². The maximum Gasteiger partial charge on any atom is 0.137 e. The van der Waals surface area contributed by atoms with Crippen molar-refractivity contribution in [3.05, 3.63) is 35.8 Å². The van der Waals surface area contributed by atoms with E-state index in [0.717, 1.165) is 5.39 Å². The maximum atomic E-state index is 12.6. The Hall–Kier alpha value is -1.35. The molecule has 3 heteroatoms. The lowest BCUT2D eigenvalue weighted by atomic mass is 10.2. The molecule has 0 saturated heterocycles. The standard InChI is InChI=1S/C9H7FO2/c10-7-2-1-6-3-8(5-11)12-9(6)4-7/h1-4,11H,5H2. The molecule has 0 aliphatic carbocycles. The molecular weight excluding hydrogens is 159 g/mol. The fourth-order valence-corrected chi connectivity index (χ4v) is 1.14. The van der Waals surface area contributed by atoms with Gasteiger partial charge in [-0.15, -0.1) is 0 Å². The Bertz CT molecular complexity index is 406. The summed E-state index contributed by atoms with van der Waals surface area (Å²) in [6, 6.07) is 5.97. The summed E-state index contributed by atoms with van der Waals surface area (Å²) in [5, 5.41) is 9.53. The smallest absolute Gasteiger partial charge is 0.137 e. The fourth-order valence-electron chi connectivity index (χ4n) is 1.14. The van der Waals surface area contributed by atoms with E-state index in [1.807, 2.05) is 0 Å². The van der Waals surface area contributed by atoms with Crippen molar-refractivity contribution in [2.45, 2.75) is 6.61 Å². The third kappa shape index (κ3) is 1.08. The number of rotatable bonds is 1. The second-order valence-electron chi connectivity index (χ2n) is 2.55. The molecule has 0 unspecified atom stereocenters. The van der Waals surface area contributed by atoms with Gasteiger partial charge in [-0.25, -0.2) is 4.39 Å². The topological polar surface area (TPSA) is 33.4 Å². The van der Waals surface area contributed by atoms with Crippen molar-refractivity contribution in [3.63, 3.8) is 0 Å². The molecule has 0 atom stereocenters. The molecule has 12 heavy (non-hydrogen) atoms. The monoisotopic (exact) mass is 166 g/mol. The van der Waals surface area contributed by atoms with Crippen LogP contribution in [0.25, 0.3) is 11.0 Å². The lowest BCUT2D eigenvalue weighted by Crippen LogP contribution is -1.72. The van der Waals surface area contributed by atoms with Gasteiger partial charge in [-0.2, -0.15) is 0 Å². The zero-order valence-electron chi connectivity index (χ0n) is 6.25. The van der Waals surface area contributed by atoms with Crippen molar-refractivity contribution < 1.29 is 13.9 Å². The van der Waals surface area contributed by atoms with Gasteiger partial charge < -0.3 is 9.52 Å². The minimum atomic E-state index is -0.332. The summed E-state index contributed by atoms with van der Waals surface area (Å²) >= 11 is 0. The SMILES string of the molecule is OCc1cc2ccc(F)cc2o1. The number of fused-ring (bicyclic) bond motifs is 1. The van der Waals surface area contributed by atoms with Gasteiger partial charge in [-0.05, 0) is 18.2 Å². The lowest BCUT2D eigenvalue weighted by Gasteiger charge is -1.86. The molecule has 2 aromatic rings. The third-order valence-electron chi connectivity index (χ3n) is 1.69. The van der Waals surface area contributed by atoms with Crippen LogP contribution in [0.2, 0.25) is 0 Å². The van der Waals surface area contributed by atoms with Gasteiger partial charge in [0, 0.05) is 11.5 Å². The summed E-state index contributed by atoms with van der Waals surface area (Å²) in [5.41, 5.74) is 0.471. The Balaban J connectivity index is 2.67. The van der Waals surface area contributed by atoms with Gasteiger partial charge in [-0.3, -0.25) is 0 Å². The minimum Gasteiger partial charge on any atom is -0.459 e. The van der Waals surface area contributed by atoms with E-state index in [-0.39, 0.29) is 12.4 Å². The van der Waals surface area contributed by atoms with E-state index >= 15 is 0 Å². The first-order chi connectivity index (χ1) is 5.79. The molecule has 0 saturated carbocycles. The number of hydrogen-bond donors (Lipinski definition) is 1. The first-order valence-corrected chi connectivity index (χ1v) is 3.58. The molecule has 1 N–H and O–H groups in total. The van der Waals surface area contributed by atoms with Gasteiger partial charge in [-0.1, -0.05) is 0 Å². The fraction of sp³-hybridized carbons (Fsp3) is 0.111. The van der Waals surface area contributed by atoms with Crippen molar-refractivity contribution in [2.24, 2.45) is 0 Å². The van der Waals surface area contributed by atoms with Gasteiger partial charge in [0.25, 0.3) is 0 Å². The quantitative estimate of drug-likeness (QED) is 0.703. The molecule has 0 spiro atoms. The predicted molar refractivity (Wildman–Crippen MR) is 42.1 cm³/mol. The van der Waals surface area contributed by atoms with Crippen molar-refractivity contribution in [1.82, 2.24) is 0 Å². The van der Waals surface area contributed by atoms with E-state index in [1.165, 1.54) is 12.1 Å². The van der Waals surface area contributed by atoms with Gasteiger partial charge in [0.2, 0.25) is 0 Å². The number of furan rings is 1. The number of aliphatic hydroxyl groups is 1. The summed E-state index contributed by atoms with van der Waals surface area (Å²) in [6.45, 7) is -0.156. The number of hydrogen-bond acceptors (Lipinski definition) is 2. The van der Waals surface area contributed by atoms with Gasteiger partial charge >= 0.3 is 0 Å². The van der Waals surface area contributed by atoms with Crippen molar-refractivity contribution >= 4 is 11.0 Å². The highest BCUT2D eigenvalue weighted by molar-refractivity contribution is 5.77. The van der Waals surface area contributed by atoms with E-state index < -0.39 is 0 Å². The lowest BCUT2D eigenvalue weighted by molar-refractivity contribution is 0.251. The van der Waals surface area contributed by atoms with E-state index in [1.54, 1.807) is 12.1 Å². The highest BCUT2D eigenvalue weighted by Crippen LogP contribution is 2.19. The Morgan fingerprint density at radius 3 is 2.92 bits per heavy atom. The van der Waals surface area contributed by atoms with E-state index in [0.29, 0.717) is 11.3 Å². The van der Waals surface area contributed by atoms with Gasteiger partial charge in [0.1, 0.15) is 23.8 Å². The van der Waals surface area contributed by atoms with Crippen LogP contribution in [0, 0.1) is 5.82 Å². The molecule has 0 amide bonds. The van der Waals surface area contributed by atoms with Crippen LogP contribution in [0.3, 0.4) is 0 Å².